The SMILES string of the molecule is Cc1c(C(N)=O)ncn1C(C)C. The summed E-state index contributed by atoms with van der Waals surface area (Å²) in [6, 6.07) is 0.311. The van der Waals surface area contributed by atoms with Crippen LogP contribution in [0.5, 0.6) is 0 Å². The number of aromatic nitrogens is 2. The van der Waals surface area contributed by atoms with Gasteiger partial charge in [-0.15, -0.1) is 0 Å². The molecule has 0 saturated heterocycles. The second-order valence-electron chi connectivity index (χ2n) is 3.04. The summed E-state index contributed by atoms with van der Waals surface area (Å²) < 4.78 is 1.92. The van der Waals surface area contributed by atoms with E-state index in [1.54, 1.807) is 6.33 Å². The molecule has 0 saturated carbocycles. The van der Waals surface area contributed by atoms with Crippen LogP contribution in [-0.4, -0.2) is 15.5 Å². The normalized spacial score (nSPS) is 10.7. The van der Waals surface area contributed by atoms with E-state index in [9.17, 15) is 4.79 Å². The number of nitrogens with zero attached hydrogens (tertiary/aromatic N) is 2. The fourth-order valence-electron chi connectivity index (χ4n) is 1.18. The van der Waals surface area contributed by atoms with Crippen molar-refractivity contribution < 1.29 is 4.79 Å². The molecule has 12 heavy (non-hydrogen) atoms. The smallest absolute Gasteiger partial charge is 0.269 e. The number of imidazole rings is 1. The Kier molecular flexibility index (Phi) is 2.17. The molecule has 1 aromatic heterocycles. The molecule has 0 unspecified atom stereocenters. The zero-order valence-electron chi connectivity index (χ0n) is 7.53. The van der Waals surface area contributed by atoms with Crippen LogP contribution in [0.3, 0.4) is 0 Å². The van der Waals surface area contributed by atoms with Crippen molar-refractivity contribution in [1.82, 2.24) is 9.55 Å². The zero-order chi connectivity index (χ0) is 9.30. The van der Waals surface area contributed by atoms with Gasteiger partial charge in [-0.2, -0.15) is 0 Å². The van der Waals surface area contributed by atoms with Crippen LogP contribution in [-0.2, 0) is 0 Å². The van der Waals surface area contributed by atoms with E-state index >= 15 is 0 Å². The van der Waals surface area contributed by atoms with Crippen LogP contribution in [0.4, 0.5) is 0 Å². The molecule has 0 spiro atoms. The first-order valence-electron chi connectivity index (χ1n) is 3.87. The summed E-state index contributed by atoms with van der Waals surface area (Å²) >= 11 is 0. The van der Waals surface area contributed by atoms with Crippen LogP contribution < -0.4 is 5.73 Å². The third-order valence-electron chi connectivity index (χ3n) is 1.83. The second-order valence-corrected chi connectivity index (χ2v) is 3.04. The largest absolute Gasteiger partial charge is 0.364 e. The van der Waals surface area contributed by atoms with Gasteiger partial charge in [0, 0.05) is 11.7 Å². The van der Waals surface area contributed by atoms with E-state index in [0.717, 1.165) is 5.69 Å². The number of hydrogen-bond acceptors (Lipinski definition) is 2. The van der Waals surface area contributed by atoms with Crippen LogP contribution in [0.15, 0.2) is 6.33 Å². The fraction of sp³-hybridized carbons (Fsp3) is 0.500. The van der Waals surface area contributed by atoms with Crippen molar-refractivity contribution in [3.63, 3.8) is 0 Å². The Morgan fingerprint density at radius 3 is 2.50 bits per heavy atom. The van der Waals surface area contributed by atoms with Crippen molar-refractivity contribution in [2.45, 2.75) is 26.8 Å². The number of primary amides is 1. The molecule has 0 radical (unpaired) electrons. The molecule has 2 N–H and O–H groups in total. The highest BCUT2D eigenvalue weighted by molar-refractivity contribution is 5.91. The number of nitrogens with two attached hydrogens (primary N) is 1. The van der Waals surface area contributed by atoms with E-state index in [0.29, 0.717) is 11.7 Å². The molecule has 0 bridgehead atoms. The first-order chi connectivity index (χ1) is 5.54. The van der Waals surface area contributed by atoms with Crippen molar-refractivity contribution in [2.24, 2.45) is 5.73 Å². The Morgan fingerprint density at radius 2 is 2.25 bits per heavy atom. The van der Waals surface area contributed by atoms with Gasteiger partial charge in [0.05, 0.1) is 6.33 Å². The monoisotopic (exact) mass is 167 g/mol. The average molecular weight is 167 g/mol. The first kappa shape index (κ1) is 8.77. The van der Waals surface area contributed by atoms with E-state index in [1.807, 2.05) is 25.3 Å². The fourth-order valence-corrected chi connectivity index (χ4v) is 1.18. The Morgan fingerprint density at radius 1 is 1.67 bits per heavy atom. The Hall–Kier alpha value is -1.32. The van der Waals surface area contributed by atoms with Crippen molar-refractivity contribution in [2.75, 3.05) is 0 Å². The van der Waals surface area contributed by atoms with Gasteiger partial charge in [0.1, 0.15) is 5.69 Å². The second kappa shape index (κ2) is 2.97. The summed E-state index contributed by atoms with van der Waals surface area (Å²) in [6.07, 6.45) is 1.64. The maximum absolute atomic E-state index is 10.8. The maximum atomic E-state index is 10.8. The molecule has 1 heterocycles. The van der Waals surface area contributed by atoms with E-state index in [4.69, 9.17) is 5.73 Å². The highest BCUT2D eigenvalue weighted by atomic mass is 16.1. The molecule has 0 aromatic carbocycles. The van der Waals surface area contributed by atoms with Crippen LogP contribution in [0, 0.1) is 6.92 Å². The lowest BCUT2D eigenvalue weighted by atomic mass is 10.3. The number of carbonyl (C=O) groups excluding carboxylic acids is 1. The molecule has 0 aliphatic heterocycles. The zero-order valence-corrected chi connectivity index (χ0v) is 7.53. The molecule has 1 rings (SSSR count). The highest BCUT2D eigenvalue weighted by Crippen LogP contribution is 2.11. The van der Waals surface area contributed by atoms with Crippen LogP contribution in [0.25, 0.3) is 0 Å². The molecular weight excluding hydrogens is 154 g/mol. The van der Waals surface area contributed by atoms with Gasteiger partial charge in [0.15, 0.2) is 0 Å². The van der Waals surface area contributed by atoms with E-state index in [2.05, 4.69) is 4.98 Å². The Balaban J connectivity index is 3.13. The van der Waals surface area contributed by atoms with Crippen LogP contribution >= 0.6 is 0 Å². The van der Waals surface area contributed by atoms with Crippen LogP contribution in [0.2, 0.25) is 0 Å². The minimum Gasteiger partial charge on any atom is -0.364 e. The number of rotatable bonds is 2. The van der Waals surface area contributed by atoms with Gasteiger partial charge in [-0.25, -0.2) is 4.98 Å². The van der Waals surface area contributed by atoms with Crippen molar-refractivity contribution >= 4 is 5.91 Å². The summed E-state index contributed by atoms with van der Waals surface area (Å²) in [5.41, 5.74) is 6.31. The maximum Gasteiger partial charge on any atom is 0.269 e. The van der Waals surface area contributed by atoms with Crippen molar-refractivity contribution in [3.05, 3.63) is 17.7 Å². The molecule has 4 heteroatoms. The van der Waals surface area contributed by atoms with Crippen LogP contribution in [0.1, 0.15) is 36.1 Å². The van der Waals surface area contributed by atoms with Gasteiger partial charge in [0.2, 0.25) is 0 Å². The van der Waals surface area contributed by atoms with E-state index in [-0.39, 0.29) is 0 Å². The predicted octanol–water partition coefficient (Wildman–Crippen LogP) is 0.871. The summed E-state index contributed by atoms with van der Waals surface area (Å²) in [4.78, 5) is 14.7. The lowest BCUT2D eigenvalue weighted by molar-refractivity contribution is 0.0995. The lowest BCUT2D eigenvalue weighted by Gasteiger charge is -2.08. The van der Waals surface area contributed by atoms with Gasteiger partial charge < -0.3 is 10.3 Å². The molecule has 1 amide bonds. The molecular formula is C8H13N3O. The summed E-state index contributed by atoms with van der Waals surface area (Å²) in [7, 11) is 0. The minimum atomic E-state index is -0.466. The third-order valence-corrected chi connectivity index (χ3v) is 1.83. The minimum absolute atomic E-state index is 0.311. The van der Waals surface area contributed by atoms with Gasteiger partial charge in [-0.05, 0) is 20.8 Å². The lowest BCUT2D eigenvalue weighted by Crippen LogP contribution is -2.14. The Bertz CT molecular complexity index is 301. The number of amides is 1. The number of carbonyl (C=O) groups is 1. The Labute approximate surface area is 71.4 Å². The third kappa shape index (κ3) is 1.32. The molecule has 4 nitrogen and oxygen atoms in total. The average Bonchev–Trinajstić information content (AvgIpc) is 2.30. The van der Waals surface area contributed by atoms with E-state index < -0.39 is 5.91 Å². The summed E-state index contributed by atoms with van der Waals surface area (Å²) in [6.45, 7) is 5.89. The molecule has 66 valence electrons. The molecule has 0 aliphatic rings. The van der Waals surface area contributed by atoms with Crippen molar-refractivity contribution in [3.8, 4) is 0 Å². The molecule has 1 aromatic rings. The highest BCUT2D eigenvalue weighted by Gasteiger charge is 2.12. The number of hydrogen-bond donors (Lipinski definition) is 1. The van der Waals surface area contributed by atoms with Crippen molar-refractivity contribution in [1.29, 1.82) is 0 Å². The first-order valence-corrected chi connectivity index (χ1v) is 3.87. The van der Waals surface area contributed by atoms with Gasteiger partial charge in [0.25, 0.3) is 5.91 Å². The standard InChI is InChI=1S/C8H13N3O/c1-5(2)11-4-10-7(6(11)3)8(9)12/h4-5H,1-3H3,(H2,9,12). The predicted molar refractivity (Wildman–Crippen MR) is 45.9 cm³/mol. The van der Waals surface area contributed by atoms with Gasteiger partial charge in [-0.3, -0.25) is 4.79 Å². The molecule has 0 atom stereocenters. The summed E-state index contributed by atoms with van der Waals surface area (Å²) in [5, 5.41) is 0. The topological polar surface area (TPSA) is 60.9 Å². The van der Waals surface area contributed by atoms with E-state index in [1.165, 1.54) is 0 Å². The molecule has 0 fully saturated rings. The van der Waals surface area contributed by atoms with Gasteiger partial charge >= 0.3 is 0 Å². The summed E-state index contributed by atoms with van der Waals surface area (Å²) in [5.74, 6) is -0.466. The molecule has 0 aliphatic carbocycles. The van der Waals surface area contributed by atoms with Gasteiger partial charge in [-0.1, -0.05) is 0 Å². The quantitative estimate of drug-likeness (QED) is 0.710.